The van der Waals surface area contributed by atoms with Crippen molar-refractivity contribution in [2.75, 3.05) is 0 Å². The van der Waals surface area contributed by atoms with E-state index in [1.165, 1.54) is 5.56 Å². The number of thioether (sulfide) groups is 1. The van der Waals surface area contributed by atoms with Crippen LogP contribution in [0, 0.1) is 6.92 Å². The number of fused-ring (bicyclic) bond motifs is 1. The second-order valence-corrected chi connectivity index (χ2v) is 9.42. The molecule has 3 aromatic carbocycles. The summed E-state index contributed by atoms with van der Waals surface area (Å²) in [7, 11) is 0. The predicted octanol–water partition coefficient (Wildman–Crippen LogP) is 6.32. The molecule has 1 N–H and O–H groups in total. The smallest absolute Gasteiger partial charge is 0.252 e. The topological polar surface area (TPSA) is 38.3 Å². The Bertz CT molecular complexity index is 1050. The van der Waals surface area contributed by atoms with Gasteiger partial charge in [0.05, 0.1) is 11.6 Å². The Balaban J connectivity index is 1.55. The Morgan fingerprint density at radius 3 is 2.60 bits per heavy atom. The number of aryl methyl sites for hydroxylation is 1. The minimum absolute atomic E-state index is 0.0404. The highest BCUT2D eigenvalue weighted by Crippen LogP contribution is 2.40. The van der Waals surface area contributed by atoms with Crippen molar-refractivity contribution >= 4 is 17.7 Å². The van der Waals surface area contributed by atoms with Crippen LogP contribution in [0.5, 0.6) is 5.75 Å². The largest absolute Gasteiger partial charge is 0.487 e. The quantitative estimate of drug-likeness (QED) is 0.494. The zero-order chi connectivity index (χ0) is 21.1. The lowest BCUT2D eigenvalue weighted by atomic mass is 9.88. The molecule has 0 radical (unpaired) electrons. The van der Waals surface area contributed by atoms with Gasteiger partial charge in [0.2, 0.25) is 0 Å². The molecule has 3 aromatic rings. The second kappa shape index (κ2) is 8.57. The Kier molecular flexibility index (Phi) is 5.87. The van der Waals surface area contributed by atoms with Crippen LogP contribution in [0.4, 0.5) is 0 Å². The molecule has 154 valence electrons. The van der Waals surface area contributed by atoms with Crippen LogP contribution in [-0.2, 0) is 5.75 Å². The van der Waals surface area contributed by atoms with E-state index < -0.39 is 0 Å². The predicted molar refractivity (Wildman–Crippen MR) is 123 cm³/mol. The number of hydrogen-bond acceptors (Lipinski definition) is 3. The fourth-order valence-corrected chi connectivity index (χ4v) is 4.86. The third-order valence-corrected chi connectivity index (χ3v) is 6.44. The molecule has 4 heteroatoms. The molecule has 1 aliphatic heterocycles. The Morgan fingerprint density at radius 1 is 1.07 bits per heavy atom. The number of ether oxygens (including phenoxy) is 1. The summed E-state index contributed by atoms with van der Waals surface area (Å²) < 4.78 is 6.15. The van der Waals surface area contributed by atoms with Crippen LogP contribution >= 0.6 is 11.8 Å². The standard InChI is InChI=1S/C26H27NO2S/c1-18-13-14-23-21(15-18)22(16-26(2,3)29-23)27-25(28)20-11-7-8-12-24(20)30-17-19-9-5-4-6-10-19/h4-15,22H,16-17H2,1-3H3,(H,27,28)/t22-/m1/s1. The average Bonchev–Trinajstić information content (AvgIpc) is 2.73. The van der Waals surface area contributed by atoms with E-state index in [0.717, 1.165) is 39.5 Å². The van der Waals surface area contributed by atoms with Crippen LogP contribution in [0.2, 0.25) is 0 Å². The summed E-state index contributed by atoms with van der Waals surface area (Å²) in [6.07, 6.45) is 0.731. The SMILES string of the molecule is Cc1ccc2c(c1)[C@H](NC(=O)c1ccccc1SCc1ccccc1)CC(C)(C)O2. The van der Waals surface area contributed by atoms with Crippen LogP contribution in [0.1, 0.15) is 53.4 Å². The van der Waals surface area contributed by atoms with Crippen molar-refractivity contribution in [1.82, 2.24) is 5.32 Å². The van der Waals surface area contributed by atoms with Gasteiger partial charge < -0.3 is 10.1 Å². The van der Waals surface area contributed by atoms with Gasteiger partial charge in [-0.3, -0.25) is 4.79 Å². The fraction of sp³-hybridized carbons (Fsp3) is 0.269. The summed E-state index contributed by atoms with van der Waals surface area (Å²) >= 11 is 1.69. The number of amides is 1. The summed E-state index contributed by atoms with van der Waals surface area (Å²) in [6, 6.07) is 24.3. The van der Waals surface area contributed by atoms with Gasteiger partial charge in [0.15, 0.2) is 0 Å². The molecular formula is C26H27NO2S. The summed E-state index contributed by atoms with van der Waals surface area (Å²) in [6.45, 7) is 6.20. The number of rotatable bonds is 5. The number of benzene rings is 3. The van der Waals surface area contributed by atoms with E-state index in [2.05, 4.69) is 50.4 Å². The minimum Gasteiger partial charge on any atom is -0.487 e. The van der Waals surface area contributed by atoms with Crippen molar-refractivity contribution in [2.24, 2.45) is 0 Å². The van der Waals surface area contributed by atoms with E-state index in [1.807, 2.05) is 48.5 Å². The molecule has 30 heavy (non-hydrogen) atoms. The second-order valence-electron chi connectivity index (χ2n) is 8.40. The molecule has 0 aliphatic carbocycles. The first-order valence-electron chi connectivity index (χ1n) is 10.3. The van der Waals surface area contributed by atoms with Gasteiger partial charge in [0.25, 0.3) is 5.91 Å². The molecule has 0 spiro atoms. The number of carbonyl (C=O) groups excluding carboxylic acids is 1. The van der Waals surface area contributed by atoms with Gasteiger partial charge in [0, 0.05) is 22.6 Å². The molecule has 1 amide bonds. The van der Waals surface area contributed by atoms with Crippen molar-refractivity contribution in [3.63, 3.8) is 0 Å². The maximum atomic E-state index is 13.3. The number of hydrogen-bond donors (Lipinski definition) is 1. The first kappa shape index (κ1) is 20.5. The first-order valence-corrected chi connectivity index (χ1v) is 11.3. The fourth-order valence-electron chi connectivity index (χ4n) is 3.85. The number of carbonyl (C=O) groups is 1. The molecular weight excluding hydrogens is 390 g/mol. The highest BCUT2D eigenvalue weighted by Gasteiger charge is 2.34. The highest BCUT2D eigenvalue weighted by atomic mass is 32.2. The zero-order valence-corrected chi connectivity index (χ0v) is 18.5. The van der Waals surface area contributed by atoms with Gasteiger partial charge in [-0.1, -0.05) is 60.2 Å². The Hall–Kier alpha value is -2.72. The maximum absolute atomic E-state index is 13.3. The molecule has 4 rings (SSSR count). The average molecular weight is 418 g/mol. The van der Waals surface area contributed by atoms with E-state index in [9.17, 15) is 4.79 Å². The molecule has 0 bridgehead atoms. The molecule has 1 heterocycles. The molecule has 0 unspecified atom stereocenters. The van der Waals surface area contributed by atoms with E-state index in [-0.39, 0.29) is 17.6 Å². The van der Waals surface area contributed by atoms with Gasteiger partial charge in [-0.25, -0.2) is 0 Å². The lowest BCUT2D eigenvalue weighted by molar-refractivity contribution is 0.0618. The zero-order valence-electron chi connectivity index (χ0n) is 17.6. The Labute approximate surface area is 182 Å². The van der Waals surface area contributed by atoms with E-state index in [1.54, 1.807) is 11.8 Å². The van der Waals surface area contributed by atoms with Crippen LogP contribution in [0.25, 0.3) is 0 Å². The monoisotopic (exact) mass is 417 g/mol. The first-order chi connectivity index (χ1) is 14.4. The van der Waals surface area contributed by atoms with Gasteiger partial charge in [-0.05, 0) is 44.5 Å². The molecule has 1 atom stereocenters. The summed E-state index contributed by atoms with van der Waals surface area (Å²) in [5, 5.41) is 3.28. The third kappa shape index (κ3) is 4.71. The van der Waals surface area contributed by atoms with E-state index in [4.69, 9.17) is 4.74 Å². The molecule has 0 saturated carbocycles. The normalized spacial score (nSPS) is 17.0. The summed E-state index contributed by atoms with van der Waals surface area (Å²) in [4.78, 5) is 14.3. The van der Waals surface area contributed by atoms with E-state index in [0.29, 0.717) is 0 Å². The van der Waals surface area contributed by atoms with Gasteiger partial charge in [-0.2, -0.15) is 0 Å². The highest BCUT2D eigenvalue weighted by molar-refractivity contribution is 7.98. The molecule has 0 saturated heterocycles. The van der Waals surface area contributed by atoms with Crippen LogP contribution < -0.4 is 10.1 Å². The van der Waals surface area contributed by atoms with Crippen molar-refractivity contribution < 1.29 is 9.53 Å². The minimum atomic E-state index is -0.332. The molecule has 0 aromatic heterocycles. The van der Waals surface area contributed by atoms with Gasteiger partial charge in [0.1, 0.15) is 11.4 Å². The van der Waals surface area contributed by atoms with Crippen molar-refractivity contribution in [3.8, 4) is 5.75 Å². The molecule has 1 aliphatic rings. The summed E-state index contributed by atoms with van der Waals surface area (Å²) in [5.74, 6) is 1.65. The van der Waals surface area contributed by atoms with Crippen LogP contribution in [-0.4, -0.2) is 11.5 Å². The van der Waals surface area contributed by atoms with Crippen LogP contribution in [0.3, 0.4) is 0 Å². The van der Waals surface area contributed by atoms with Crippen molar-refractivity contribution in [1.29, 1.82) is 0 Å². The van der Waals surface area contributed by atoms with Gasteiger partial charge >= 0.3 is 0 Å². The summed E-state index contributed by atoms with van der Waals surface area (Å²) in [5.41, 5.74) is 3.85. The van der Waals surface area contributed by atoms with Gasteiger partial charge in [-0.15, -0.1) is 11.8 Å². The third-order valence-electron chi connectivity index (χ3n) is 5.30. The lowest BCUT2D eigenvalue weighted by Gasteiger charge is -2.38. The van der Waals surface area contributed by atoms with Crippen LogP contribution in [0.15, 0.2) is 77.7 Å². The van der Waals surface area contributed by atoms with Crippen molar-refractivity contribution in [2.45, 2.75) is 49.5 Å². The number of nitrogens with one attached hydrogen (secondary N) is 1. The Morgan fingerprint density at radius 2 is 1.80 bits per heavy atom. The molecule has 0 fully saturated rings. The van der Waals surface area contributed by atoms with E-state index >= 15 is 0 Å². The molecule has 3 nitrogen and oxygen atoms in total. The van der Waals surface area contributed by atoms with Crippen molar-refractivity contribution in [3.05, 3.63) is 95.1 Å². The maximum Gasteiger partial charge on any atom is 0.252 e. The lowest BCUT2D eigenvalue weighted by Crippen LogP contribution is -2.41.